The number of rotatable bonds is 6. The van der Waals surface area contributed by atoms with Crippen LogP contribution in [-0.4, -0.2) is 6.61 Å². The molecule has 0 fully saturated rings. The summed E-state index contributed by atoms with van der Waals surface area (Å²) in [4.78, 5) is 0. The fourth-order valence-electron chi connectivity index (χ4n) is 1.48. The van der Waals surface area contributed by atoms with Crippen LogP contribution in [0, 0.1) is 6.92 Å². The molecule has 0 saturated heterocycles. The Morgan fingerprint density at radius 2 is 2.27 bits per heavy atom. The van der Waals surface area contributed by atoms with E-state index in [0.29, 0.717) is 6.54 Å². The molecular formula is C13H19NO. The van der Waals surface area contributed by atoms with E-state index in [1.165, 1.54) is 0 Å². The van der Waals surface area contributed by atoms with Crippen molar-refractivity contribution in [2.45, 2.75) is 26.3 Å². The minimum absolute atomic E-state index is 0.526. The summed E-state index contributed by atoms with van der Waals surface area (Å²) in [7, 11) is 0. The van der Waals surface area contributed by atoms with Crippen LogP contribution in [0.15, 0.2) is 30.9 Å². The zero-order valence-electron chi connectivity index (χ0n) is 9.33. The fraction of sp³-hybridized carbons (Fsp3) is 0.385. The maximum Gasteiger partial charge on any atom is 0.126 e. The normalized spacial score (nSPS) is 10.0. The first-order valence-corrected chi connectivity index (χ1v) is 5.32. The number of aryl methyl sites for hydroxylation is 1. The van der Waals surface area contributed by atoms with Gasteiger partial charge in [0.2, 0.25) is 0 Å². The molecule has 0 aliphatic rings. The maximum atomic E-state index is 5.73. The van der Waals surface area contributed by atoms with Crippen molar-refractivity contribution < 1.29 is 4.74 Å². The van der Waals surface area contributed by atoms with Crippen LogP contribution < -0.4 is 10.5 Å². The lowest BCUT2D eigenvalue weighted by molar-refractivity contribution is 0.307. The average Bonchev–Trinajstić information content (AvgIpc) is 2.26. The third-order valence-electron chi connectivity index (χ3n) is 2.31. The lowest BCUT2D eigenvalue weighted by Crippen LogP contribution is -2.05. The lowest BCUT2D eigenvalue weighted by Gasteiger charge is -2.12. The molecule has 0 aliphatic carbocycles. The molecule has 0 atom stereocenters. The Morgan fingerprint density at radius 1 is 1.47 bits per heavy atom. The lowest BCUT2D eigenvalue weighted by atomic mass is 10.1. The predicted octanol–water partition coefficient (Wildman–Crippen LogP) is 2.80. The summed E-state index contributed by atoms with van der Waals surface area (Å²) < 4.78 is 5.73. The van der Waals surface area contributed by atoms with Crippen LogP contribution in [0.5, 0.6) is 5.75 Å². The van der Waals surface area contributed by atoms with Gasteiger partial charge >= 0.3 is 0 Å². The number of nitrogens with two attached hydrogens (primary N) is 1. The van der Waals surface area contributed by atoms with Gasteiger partial charge in [0, 0.05) is 12.1 Å². The molecule has 0 amide bonds. The van der Waals surface area contributed by atoms with Crippen molar-refractivity contribution in [2.75, 3.05) is 6.61 Å². The molecule has 0 unspecified atom stereocenters. The average molecular weight is 205 g/mol. The highest BCUT2D eigenvalue weighted by Crippen LogP contribution is 2.23. The number of unbranched alkanes of at least 4 members (excludes halogenated alkanes) is 1. The van der Waals surface area contributed by atoms with Crippen LogP contribution >= 0.6 is 0 Å². The summed E-state index contributed by atoms with van der Waals surface area (Å²) in [6.07, 6.45) is 3.90. The molecule has 2 N–H and O–H groups in total. The monoisotopic (exact) mass is 205 g/mol. The van der Waals surface area contributed by atoms with Crippen molar-refractivity contribution in [3.8, 4) is 5.75 Å². The summed E-state index contributed by atoms with van der Waals surface area (Å²) in [6.45, 7) is 6.98. The first kappa shape index (κ1) is 11.8. The number of ether oxygens (including phenoxy) is 1. The van der Waals surface area contributed by atoms with Gasteiger partial charge in [-0.1, -0.05) is 24.3 Å². The minimum Gasteiger partial charge on any atom is -0.493 e. The van der Waals surface area contributed by atoms with Crippen LogP contribution in [0.3, 0.4) is 0 Å². The molecule has 2 nitrogen and oxygen atoms in total. The summed E-state index contributed by atoms with van der Waals surface area (Å²) in [5, 5.41) is 0. The number of hydrogen-bond acceptors (Lipinski definition) is 2. The van der Waals surface area contributed by atoms with E-state index >= 15 is 0 Å². The summed E-state index contributed by atoms with van der Waals surface area (Å²) in [5.74, 6) is 0.948. The zero-order valence-corrected chi connectivity index (χ0v) is 9.33. The van der Waals surface area contributed by atoms with E-state index in [-0.39, 0.29) is 0 Å². The Hall–Kier alpha value is -1.28. The van der Waals surface area contributed by atoms with Crippen molar-refractivity contribution in [1.29, 1.82) is 0 Å². The first-order chi connectivity index (χ1) is 7.29. The number of allylic oxidation sites excluding steroid dienone is 1. The third-order valence-corrected chi connectivity index (χ3v) is 2.31. The van der Waals surface area contributed by atoms with Crippen molar-refractivity contribution in [3.05, 3.63) is 42.0 Å². The molecule has 0 spiro atoms. The van der Waals surface area contributed by atoms with Gasteiger partial charge in [-0.05, 0) is 25.3 Å². The largest absolute Gasteiger partial charge is 0.493 e. The Labute approximate surface area is 91.7 Å². The molecule has 1 aromatic rings. The van der Waals surface area contributed by atoms with Gasteiger partial charge in [0.25, 0.3) is 0 Å². The van der Waals surface area contributed by atoms with E-state index < -0.39 is 0 Å². The van der Waals surface area contributed by atoms with Gasteiger partial charge in [-0.25, -0.2) is 0 Å². The predicted molar refractivity (Wildman–Crippen MR) is 64.0 cm³/mol. The molecule has 0 saturated carbocycles. The third kappa shape index (κ3) is 3.40. The van der Waals surface area contributed by atoms with Gasteiger partial charge in [0.05, 0.1) is 6.61 Å². The molecular weight excluding hydrogens is 186 g/mol. The maximum absolute atomic E-state index is 5.73. The van der Waals surface area contributed by atoms with Crippen molar-refractivity contribution in [3.63, 3.8) is 0 Å². The molecule has 0 radical (unpaired) electrons. The molecule has 0 bridgehead atoms. The second-order valence-corrected chi connectivity index (χ2v) is 3.55. The first-order valence-electron chi connectivity index (χ1n) is 5.32. The van der Waals surface area contributed by atoms with E-state index in [4.69, 9.17) is 10.5 Å². The SMILES string of the molecule is C=CCCCOc1c(C)cccc1CN. The second kappa shape index (κ2) is 6.25. The quantitative estimate of drug-likeness (QED) is 0.572. The minimum atomic E-state index is 0.526. The van der Waals surface area contributed by atoms with Crippen molar-refractivity contribution in [1.82, 2.24) is 0 Å². The van der Waals surface area contributed by atoms with Gasteiger partial charge in [-0.15, -0.1) is 6.58 Å². The van der Waals surface area contributed by atoms with E-state index in [1.54, 1.807) is 0 Å². The fourth-order valence-corrected chi connectivity index (χ4v) is 1.48. The van der Waals surface area contributed by atoms with Crippen molar-refractivity contribution in [2.24, 2.45) is 5.73 Å². The van der Waals surface area contributed by atoms with Gasteiger partial charge in [0.15, 0.2) is 0 Å². The molecule has 0 aromatic heterocycles. The Bertz CT molecular complexity index is 320. The standard InChI is InChI=1S/C13H19NO/c1-3-4-5-9-15-13-11(2)7-6-8-12(13)10-14/h3,6-8H,1,4-5,9-10,14H2,2H3. The Morgan fingerprint density at radius 3 is 2.93 bits per heavy atom. The van der Waals surface area contributed by atoms with Crippen LogP contribution in [0.2, 0.25) is 0 Å². The van der Waals surface area contributed by atoms with E-state index in [2.05, 4.69) is 6.58 Å². The molecule has 1 aromatic carbocycles. The van der Waals surface area contributed by atoms with Crippen molar-refractivity contribution >= 4 is 0 Å². The van der Waals surface area contributed by atoms with Crippen LogP contribution in [-0.2, 0) is 6.54 Å². The smallest absolute Gasteiger partial charge is 0.126 e. The number of benzene rings is 1. The Balaban J connectivity index is 2.61. The van der Waals surface area contributed by atoms with Gasteiger partial charge in [-0.3, -0.25) is 0 Å². The second-order valence-electron chi connectivity index (χ2n) is 3.55. The summed E-state index contributed by atoms with van der Waals surface area (Å²) in [6, 6.07) is 6.06. The molecule has 82 valence electrons. The van der Waals surface area contributed by atoms with Crippen LogP contribution in [0.4, 0.5) is 0 Å². The van der Waals surface area contributed by atoms with Crippen LogP contribution in [0.1, 0.15) is 24.0 Å². The van der Waals surface area contributed by atoms with Gasteiger partial charge < -0.3 is 10.5 Å². The molecule has 15 heavy (non-hydrogen) atoms. The highest BCUT2D eigenvalue weighted by Gasteiger charge is 2.04. The van der Waals surface area contributed by atoms with E-state index in [0.717, 1.165) is 36.3 Å². The van der Waals surface area contributed by atoms with E-state index in [1.807, 2.05) is 31.2 Å². The molecule has 2 heteroatoms. The summed E-state index contributed by atoms with van der Waals surface area (Å²) in [5.41, 5.74) is 7.88. The highest BCUT2D eigenvalue weighted by molar-refractivity contribution is 5.40. The van der Waals surface area contributed by atoms with E-state index in [9.17, 15) is 0 Å². The highest BCUT2D eigenvalue weighted by atomic mass is 16.5. The summed E-state index contributed by atoms with van der Waals surface area (Å²) >= 11 is 0. The zero-order chi connectivity index (χ0) is 11.1. The molecule has 0 aliphatic heterocycles. The molecule has 0 heterocycles. The van der Waals surface area contributed by atoms with Gasteiger partial charge in [-0.2, -0.15) is 0 Å². The van der Waals surface area contributed by atoms with Gasteiger partial charge in [0.1, 0.15) is 5.75 Å². The molecule has 1 rings (SSSR count). The topological polar surface area (TPSA) is 35.2 Å². The van der Waals surface area contributed by atoms with Crippen LogP contribution in [0.25, 0.3) is 0 Å². The number of para-hydroxylation sites is 1. The Kier molecular flexibility index (Phi) is 4.91. The number of hydrogen-bond donors (Lipinski definition) is 1.